The summed E-state index contributed by atoms with van der Waals surface area (Å²) >= 11 is 5.84. The zero-order chi connectivity index (χ0) is 105. The third-order valence-corrected chi connectivity index (χ3v) is 21.1. The number of benzene rings is 4. The number of carboxylic acid groups (broad SMARTS) is 2. The number of methoxy groups -OCH3 is 3. The first-order chi connectivity index (χ1) is 67.4. The Kier molecular flexibility index (Phi) is 55.7. The van der Waals surface area contributed by atoms with E-state index in [1.165, 1.54) is 17.7 Å². The monoisotopic (exact) mass is 2020 g/mol. The van der Waals surface area contributed by atoms with Crippen molar-refractivity contribution in [2.75, 3.05) is 21.3 Å². The van der Waals surface area contributed by atoms with E-state index in [1.807, 2.05) is 187 Å². The van der Waals surface area contributed by atoms with Crippen molar-refractivity contribution in [3.05, 3.63) is 353 Å². The van der Waals surface area contributed by atoms with Gasteiger partial charge in [-0.25, -0.2) is 79.4 Å². The molecule has 0 radical (unpaired) electrons. The van der Waals surface area contributed by atoms with Gasteiger partial charge in [0.15, 0.2) is 0 Å². The molecule has 11 aromatic heterocycles. The number of carboxylic acids is 2. The number of hydrogen-bond donors (Lipinski definition) is 4. The van der Waals surface area contributed by atoms with Gasteiger partial charge in [0.1, 0.15) is 52.6 Å². The molecule has 0 fully saturated rings. The van der Waals surface area contributed by atoms with Gasteiger partial charge in [-0.3, -0.25) is 9.59 Å². The van der Waals surface area contributed by atoms with Gasteiger partial charge < -0.3 is 39.1 Å². The molecule has 786 valence electrons. The molecule has 0 saturated carbocycles. The van der Waals surface area contributed by atoms with Crippen molar-refractivity contribution in [1.82, 2.24) is 99.9 Å². The Morgan fingerprint density at radius 3 is 1.24 bits per heavy atom. The zero-order valence-electron chi connectivity index (χ0n) is 86.8. The van der Waals surface area contributed by atoms with Gasteiger partial charge in [0, 0.05) is 160 Å². The third kappa shape index (κ3) is 42.3. The Morgan fingerprint density at radius 2 is 0.823 bits per heavy atom. The Morgan fingerprint density at radius 1 is 0.354 bits per heavy atom. The second kappa shape index (κ2) is 63.9. The number of aryl methyl sites for hydroxylation is 6. The highest BCUT2D eigenvalue weighted by Crippen LogP contribution is 2.30. The van der Waals surface area contributed by atoms with E-state index in [1.54, 1.807) is 101 Å². The third-order valence-electron chi connectivity index (χ3n) is 20.9. The summed E-state index contributed by atoms with van der Waals surface area (Å²) < 4.78 is 20.9. The SMILES string of the molecule is C.C.C.C.C.CC(C)c1ccc(Cc2ccccc2)nn1.CC(C)c1nccc(C(C)Oc2ccc(Cl)cc2)n1.COc1cc(C(C)C)nc(OC)n1.COc1ccc(-c2nc(C(C)C)ncc2C)cn1.Cc1cc(=O)[nH]c(C(C)C)n1.Cc1ccnc(C(C)C)n1.Cc1cnc(C(C)C)nc1-c1ccc(=O)[nH]c1.Cc1cnc(C(C)C)nc1-c1ccc(C(=O)O)cc1.Cc1cnc(C(C)C)nc1-c1cccc(C(=O)O)c1. The number of aromatic nitrogens is 20. The summed E-state index contributed by atoms with van der Waals surface area (Å²) in [7, 11) is 4.72. The highest BCUT2D eigenvalue weighted by molar-refractivity contribution is 6.30. The molecule has 30 nitrogen and oxygen atoms in total. The first kappa shape index (κ1) is 128. The molecule has 0 saturated heterocycles. The van der Waals surface area contributed by atoms with Crippen LogP contribution in [0.5, 0.6) is 23.5 Å². The molecule has 4 aromatic carbocycles. The summed E-state index contributed by atoms with van der Waals surface area (Å²) in [5.41, 5.74) is 18.4. The van der Waals surface area contributed by atoms with Gasteiger partial charge in [-0.2, -0.15) is 20.2 Å². The standard InChI is InChI=1S/C15H17ClN2O.2C15H16N2O2.C14H17N3O.C14H16N2.C13H15N3O.C9H14N2O2.C8H12N2O.C8H12N2.5CH4/c1-10(2)15-17-9-8-14(18-15)11(3)19-13-6-4-12(16)5-7-13;1-9(2)14-16-8-10(3)13(17-14)11-4-6-12(7-5-11)15(18)19;1-9(2)14-16-8-10(3)13(17-14)11-5-4-6-12(7-11)15(18)19;1-9(2)14-16-7-10(3)13(17-14)11-5-6-12(18-4)15-8-11;1-11(2)14-9-8-13(15-16-14)10-12-6-4-3-5-7-12;1-8(2)13-15-6-9(3)12(16-13)10-4-5-11(17)14-7-10;1-6(2)7-5-8(12-3)11-9(10-7)13-4;1-5(2)8-9-6(3)4-7(11)10-8;1-6(2)8-9-5-4-7(3)10-8;;;;;/h4-11H,1-3H3;2*4-9H,1-3H3,(H,18,19);5-9H,1-4H3;3-9,11H,10H2,1-2H3;4-8H,1-3H3,(H,14,17);5-6H,1-4H3;4-5H,1-3H3,(H,9,10,11);4-6H,1-3H3;5*1H4. The number of halogens is 1. The number of ether oxygens (including phenoxy) is 4. The highest BCUT2D eigenvalue weighted by Gasteiger charge is 2.19. The van der Waals surface area contributed by atoms with Gasteiger partial charge in [0.2, 0.25) is 17.3 Å². The maximum absolute atomic E-state index is 11.0. The summed E-state index contributed by atoms with van der Waals surface area (Å²) in [4.78, 5) is 118. The Hall–Kier alpha value is -15.1. The average Bonchev–Trinajstić information content (AvgIpc) is 0.833. The Balaban J connectivity index is 0.000000560. The molecule has 31 heteroatoms. The summed E-state index contributed by atoms with van der Waals surface area (Å²) in [6.45, 7) is 50.7. The molecule has 15 aromatic rings. The summed E-state index contributed by atoms with van der Waals surface area (Å²) in [5.74, 6) is 8.73. The van der Waals surface area contributed by atoms with E-state index in [-0.39, 0.29) is 89.2 Å². The first-order valence-corrected chi connectivity index (χ1v) is 47.5. The average molecular weight is 2030 g/mol. The van der Waals surface area contributed by atoms with Crippen LogP contribution in [0.15, 0.2) is 223 Å². The minimum atomic E-state index is -0.933. The summed E-state index contributed by atoms with van der Waals surface area (Å²) in [6, 6.07) is 49.9. The number of pyridine rings is 2. The van der Waals surface area contributed by atoms with Gasteiger partial charge in [-0.05, 0) is 173 Å². The van der Waals surface area contributed by atoms with E-state index >= 15 is 0 Å². The number of H-pyrrole nitrogens is 2. The number of nitrogens with zero attached hydrogens (tertiary/aromatic N) is 18. The molecule has 147 heavy (non-hydrogen) atoms. The second-order valence-electron chi connectivity index (χ2n) is 36.0. The van der Waals surface area contributed by atoms with Crippen LogP contribution >= 0.6 is 11.6 Å². The Labute approximate surface area is 875 Å². The molecule has 0 amide bonds. The lowest BCUT2D eigenvalue weighted by atomic mass is 10.0. The van der Waals surface area contributed by atoms with Gasteiger partial charge in [-0.1, -0.05) is 228 Å². The lowest BCUT2D eigenvalue weighted by Gasteiger charge is -2.15. The van der Waals surface area contributed by atoms with Crippen molar-refractivity contribution in [2.24, 2.45) is 0 Å². The van der Waals surface area contributed by atoms with Crippen molar-refractivity contribution in [3.8, 4) is 68.5 Å². The summed E-state index contributed by atoms with van der Waals surface area (Å²) in [5, 5.41) is 27.1. The number of carbonyl (C=O) groups is 2. The normalized spacial score (nSPS) is 10.5. The number of aromatic amines is 2. The molecule has 0 spiro atoms. The minimum Gasteiger partial charge on any atom is -0.484 e. The fraction of sp³-hybridized carbons (Fsp3) is 0.379. The van der Waals surface area contributed by atoms with Crippen molar-refractivity contribution in [2.45, 2.75) is 276 Å². The summed E-state index contributed by atoms with van der Waals surface area (Å²) in [6.07, 6.45) is 15.0. The molecule has 15 rings (SSSR count). The molecule has 1 unspecified atom stereocenters. The van der Waals surface area contributed by atoms with E-state index in [0.29, 0.717) is 52.4 Å². The molecular weight excluding hydrogens is 1870 g/mol. The zero-order valence-corrected chi connectivity index (χ0v) is 87.5. The van der Waals surface area contributed by atoms with Gasteiger partial charge in [-0.15, -0.1) is 0 Å². The van der Waals surface area contributed by atoms with Gasteiger partial charge >= 0.3 is 17.9 Å². The maximum atomic E-state index is 11.0. The number of aromatic carboxylic acids is 2. The highest BCUT2D eigenvalue weighted by atomic mass is 35.5. The largest absolute Gasteiger partial charge is 0.484 e. The van der Waals surface area contributed by atoms with E-state index in [2.05, 4.69) is 207 Å². The molecule has 11 heterocycles. The van der Waals surface area contributed by atoms with Crippen LogP contribution in [0.1, 0.15) is 352 Å². The predicted octanol–water partition coefficient (Wildman–Crippen LogP) is 27.3. The maximum Gasteiger partial charge on any atom is 0.335 e. The lowest BCUT2D eigenvalue weighted by molar-refractivity contribution is 0.0686. The second-order valence-corrected chi connectivity index (χ2v) is 36.5. The van der Waals surface area contributed by atoms with Gasteiger partial charge in [0.05, 0.1) is 78.0 Å². The molecule has 0 bridgehead atoms. The topological polar surface area (TPSA) is 409 Å². The van der Waals surface area contributed by atoms with Crippen molar-refractivity contribution in [1.29, 1.82) is 0 Å². The number of rotatable bonds is 23. The van der Waals surface area contributed by atoms with Crippen LogP contribution in [0, 0.1) is 41.5 Å². The van der Waals surface area contributed by atoms with Crippen LogP contribution in [-0.4, -0.2) is 143 Å². The fourth-order valence-electron chi connectivity index (χ4n) is 12.7. The van der Waals surface area contributed by atoms with Crippen LogP contribution in [-0.2, 0) is 6.42 Å². The molecule has 0 aliphatic carbocycles. The van der Waals surface area contributed by atoms with E-state index in [4.69, 9.17) is 40.8 Å². The fourth-order valence-corrected chi connectivity index (χ4v) is 12.8. The van der Waals surface area contributed by atoms with Gasteiger partial charge in [0.25, 0.3) is 5.56 Å². The first-order valence-electron chi connectivity index (χ1n) is 47.1. The van der Waals surface area contributed by atoms with Crippen LogP contribution in [0.25, 0.3) is 45.0 Å². The van der Waals surface area contributed by atoms with Crippen molar-refractivity contribution < 1.29 is 38.7 Å². The number of nitrogens with one attached hydrogen (secondary N) is 2. The van der Waals surface area contributed by atoms with Crippen molar-refractivity contribution >= 4 is 23.5 Å². The minimum absolute atomic E-state index is 0. The Bertz CT molecular complexity index is 6560. The lowest BCUT2D eigenvalue weighted by Crippen LogP contribution is -2.12. The quantitative estimate of drug-likeness (QED) is 0.0462. The van der Waals surface area contributed by atoms with Crippen LogP contribution in [0.2, 0.25) is 5.02 Å². The molecule has 0 aliphatic heterocycles. The number of hydrogen-bond acceptors (Lipinski definition) is 26. The smallest absolute Gasteiger partial charge is 0.335 e. The van der Waals surface area contributed by atoms with Crippen LogP contribution in [0.3, 0.4) is 0 Å². The van der Waals surface area contributed by atoms with Crippen LogP contribution < -0.4 is 30.1 Å². The van der Waals surface area contributed by atoms with E-state index in [0.717, 1.165) is 154 Å². The molecule has 0 aliphatic rings. The molecule has 1 atom stereocenters. The van der Waals surface area contributed by atoms with E-state index < -0.39 is 11.9 Å². The predicted molar refractivity (Wildman–Crippen MR) is 593 cm³/mol. The molecule has 4 N–H and O–H groups in total. The van der Waals surface area contributed by atoms with E-state index in [9.17, 15) is 19.2 Å². The van der Waals surface area contributed by atoms with Crippen molar-refractivity contribution in [3.63, 3.8) is 0 Å². The van der Waals surface area contributed by atoms with Crippen LogP contribution in [0.4, 0.5) is 0 Å². The molecular formula is C116H155ClN20O10.